The zero-order valence-corrected chi connectivity index (χ0v) is 16.3. The fraction of sp³-hybridized carbons (Fsp3) is 0.381. The summed E-state index contributed by atoms with van der Waals surface area (Å²) in [5.41, 5.74) is 2.57. The minimum Gasteiger partial charge on any atom is -0.336 e. The second kappa shape index (κ2) is 6.65. The smallest absolute Gasteiger partial charge is 0.276 e. The molecule has 0 bridgehead atoms. The number of para-hydroxylation sites is 1. The Morgan fingerprint density at radius 1 is 1.21 bits per heavy atom. The molecule has 148 valence electrons. The van der Waals surface area contributed by atoms with E-state index in [4.69, 9.17) is 0 Å². The van der Waals surface area contributed by atoms with Gasteiger partial charge in [-0.1, -0.05) is 23.4 Å². The van der Waals surface area contributed by atoms with Gasteiger partial charge in [0.15, 0.2) is 5.69 Å². The number of aryl methyl sites for hydroxylation is 1. The monoisotopic (exact) mass is 390 g/mol. The average Bonchev–Trinajstić information content (AvgIpc) is 3.35. The highest BCUT2D eigenvalue weighted by molar-refractivity contribution is 5.92. The van der Waals surface area contributed by atoms with E-state index in [0.29, 0.717) is 31.0 Å². The van der Waals surface area contributed by atoms with E-state index in [9.17, 15) is 9.59 Å². The van der Waals surface area contributed by atoms with Gasteiger partial charge < -0.3 is 9.88 Å². The number of likely N-dealkylation sites (tertiary alicyclic amines) is 1. The van der Waals surface area contributed by atoms with Crippen LogP contribution in [0.5, 0.6) is 0 Å². The number of piperidine rings is 1. The molecule has 1 unspecified atom stereocenters. The van der Waals surface area contributed by atoms with E-state index in [1.54, 1.807) is 17.8 Å². The van der Waals surface area contributed by atoms with Gasteiger partial charge in [0.25, 0.3) is 11.5 Å². The van der Waals surface area contributed by atoms with E-state index < -0.39 is 0 Å². The maximum absolute atomic E-state index is 13.2. The third kappa shape index (κ3) is 2.95. The van der Waals surface area contributed by atoms with Crippen molar-refractivity contribution in [1.82, 2.24) is 29.9 Å². The molecule has 5 rings (SSSR count). The van der Waals surface area contributed by atoms with Crippen LogP contribution in [0.2, 0.25) is 0 Å². The van der Waals surface area contributed by atoms with Crippen LogP contribution < -0.4 is 5.56 Å². The summed E-state index contributed by atoms with van der Waals surface area (Å²) in [6, 6.07) is 9.60. The summed E-state index contributed by atoms with van der Waals surface area (Å²) >= 11 is 0. The number of nitrogens with one attached hydrogen (secondary N) is 1. The fourth-order valence-corrected chi connectivity index (χ4v) is 4.70. The number of hydrogen-bond acceptors (Lipinski definition) is 5. The van der Waals surface area contributed by atoms with Gasteiger partial charge in [-0.2, -0.15) is 0 Å². The van der Waals surface area contributed by atoms with Gasteiger partial charge in [0.2, 0.25) is 0 Å². The highest BCUT2D eigenvalue weighted by atomic mass is 16.2. The van der Waals surface area contributed by atoms with Crippen LogP contribution in [-0.2, 0) is 11.8 Å². The van der Waals surface area contributed by atoms with Crippen molar-refractivity contribution < 1.29 is 4.79 Å². The van der Waals surface area contributed by atoms with Gasteiger partial charge in [0.05, 0.1) is 17.6 Å². The first-order valence-corrected chi connectivity index (χ1v) is 9.93. The lowest BCUT2D eigenvalue weighted by molar-refractivity contribution is 0.0627. The Morgan fingerprint density at radius 2 is 2.03 bits per heavy atom. The van der Waals surface area contributed by atoms with Crippen LogP contribution >= 0.6 is 0 Å². The highest BCUT2D eigenvalue weighted by Crippen LogP contribution is 2.43. The summed E-state index contributed by atoms with van der Waals surface area (Å²) in [5, 5.41) is 8.22. The van der Waals surface area contributed by atoms with E-state index in [1.165, 1.54) is 0 Å². The Hall–Kier alpha value is -3.29. The van der Waals surface area contributed by atoms with Crippen molar-refractivity contribution in [2.75, 3.05) is 13.1 Å². The SMILES string of the molecule is Cc1nc2c(c(=O)[nH]1)CCC21CCCN(C(=O)c2cn(-c3ccccc3)nn2)C1. The third-order valence-electron chi connectivity index (χ3n) is 6.09. The Bertz CT molecular complexity index is 1140. The highest BCUT2D eigenvalue weighted by Gasteiger charge is 2.45. The lowest BCUT2D eigenvalue weighted by atomic mass is 9.77. The van der Waals surface area contributed by atoms with Crippen LogP contribution in [0, 0.1) is 6.92 Å². The number of carbonyl (C=O) groups excluding carboxylic acids is 1. The molecule has 29 heavy (non-hydrogen) atoms. The number of aromatic amines is 1. The number of aromatic nitrogens is 5. The van der Waals surface area contributed by atoms with E-state index in [2.05, 4.69) is 20.3 Å². The molecule has 3 heterocycles. The lowest BCUT2D eigenvalue weighted by Gasteiger charge is -2.40. The molecule has 3 aromatic rings. The normalized spacial score (nSPS) is 20.8. The molecule has 2 aromatic heterocycles. The number of benzene rings is 1. The van der Waals surface area contributed by atoms with Gasteiger partial charge in [-0.25, -0.2) is 9.67 Å². The van der Waals surface area contributed by atoms with Gasteiger partial charge >= 0.3 is 0 Å². The van der Waals surface area contributed by atoms with Gasteiger partial charge in [-0.3, -0.25) is 9.59 Å². The molecule has 1 spiro atoms. The molecule has 0 saturated carbocycles. The second-order valence-electron chi connectivity index (χ2n) is 7.97. The topological polar surface area (TPSA) is 96.8 Å². The van der Waals surface area contributed by atoms with Crippen LogP contribution in [-0.4, -0.2) is 48.9 Å². The zero-order chi connectivity index (χ0) is 20.0. The summed E-state index contributed by atoms with van der Waals surface area (Å²) in [5.74, 6) is 0.505. The number of hydrogen-bond donors (Lipinski definition) is 1. The predicted molar refractivity (Wildman–Crippen MR) is 106 cm³/mol. The first kappa shape index (κ1) is 17.8. The zero-order valence-electron chi connectivity index (χ0n) is 16.3. The maximum Gasteiger partial charge on any atom is 0.276 e. The summed E-state index contributed by atoms with van der Waals surface area (Å²) in [6.07, 6.45) is 5.06. The third-order valence-corrected chi connectivity index (χ3v) is 6.09. The molecule has 1 N–H and O–H groups in total. The van der Waals surface area contributed by atoms with E-state index in [1.807, 2.05) is 35.2 Å². The van der Waals surface area contributed by atoms with Crippen LogP contribution in [0.1, 0.15) is 46.8 Å². The molecule has 8 nitrogen and oxygen atoms in total. The largest absolute Gasteiger partial charge is 0.336 e. The summed E-state index contributed by atoms with van der Waals surface area (Å²) in [4.78, 5) is 34.8. The van der Waals surface area contributed by atoms with Crippen LogP contribution in [0.15, 0.2) is 41.3 Å². The molecule has 1 aliphatic carbocycles. The van der Waals surface area contributed by atoms with Crippen molar-refractivity contribution in [2.24, 2.45) is 0 Å². The Labute approximate surface area is 167 Å². The standard InChI is InChI=1S/C21H22N6O2/c1-14-22-18-16(19(28)23-14)8-10-21(18)9-5-11-26(13-21)20(29)17-12-27(25-24-17)15-6-3-2-4-7-15/h2-4,6-7,12H,5,8-11,13H2,1H3,(H,22,23,28). The summed E-state index contributed by atoms with van der Waals surface area (Å²) in [6.45, 7) is 3.05. The minimum atomic E-state index is -0.238. The van der Waals surface area contributed by atoms with Gasteiger partial charge in [0.1, 0.15) is 5.82 Å². The minimum absolute atomic E-state index is 0.0429. The molecule has 0 radical (unpaired) electrons. The quantitative estimate of drug-likeness (QED) is 0.719. The second-order valence-corrected chi connectivity index (χ2v) is 7.97. The van der Waals surface area contributed by atoms with Crippen LogP contribution in [0.4, 0.5) is 0 Å². The van der Waals surface area contributed by atoms with Crippen LogP contribution in [0.3, 0.4) is 0 Å². The molecule has 1 fully saturated rings. The molecule has 1 amide bonds. The Morgan fingerprint density at radius 3 is 2.86 bits per heavy atom. The number of rotatable bonds is 2. The van der Waals surface area contributed by atoms with E-state index in [0.717, 1.165) is 36.2 Å². The Balaban J connectivity index is 1.42. The number of nitrogens with zero attached hydrogens (tertiary/aromatic N) is 5. The molecule has 2 aliphatic rings. The number of fused-ring (bicyclic) bond motifs is 2. The van der Waals surface area contributed by atoms with Gasteiger partial charge in [0, 0.05) is 24.1 Å². The van der Waals surface area contributed by atoms with Crippen LogP contribution in [0.25, 0.3) is 5.69 Å². The van der Waals surface area contributed by atoms with E-state index >= 15 is 0 Å². The van der Waals surface area contributed by atoms with Crippen molar-refractivity contribution >= 4 is 5.91 Å². The molecule has 1 saturated heterocycles. The molecule has 1 aliphatic heterocycles. The van der Waals surface area contributed by atoms with Gasteiger partial charge in [-0.15, -0.1) is 5.10 Å². The number of carbonyl (C=O) groups is 1. The molecular formula is C21H22N6O2. The number of amides is 1. The van der Waals surface area contributed by atoms with Crippen molar-refractivity contribution in [2.45, 2.75) is 38.0 Å². The predicted octanol–water partition coefficient (Wildman–Crippen LogP) is 1.78. The average molecular weight is 390 g/mol. The molecule has 1 aromatic carbocycles. The molecule has 1 atom stereocenters. The first-order valence-electron chi connectivity index (χ1n) is 9.93. The summed E-state index contributed by atoms with van der Waals surface area (Å²) in [7, 11) is 0. The molecule has 8 heteroatoms. The first-order chi connectivity index (χ1) is 14.1. The van der Waals surface area contributed by atoms with E-state index in [-0.39, 0.29) is 16.9 Å². The number of H-pyrrole nitrogens is 1. The van der Waals surface area contributed by atoms with Crippen molar-refractivity contribution in [3.63, 3.8) is 0 Å². The van der Waals surface area contributed by atoms with Crippen molar-refractivity contribution in [3.8, 4) is 5.69 Å². The Kier molecular flexibility index (Phi) is 4.08. The van der Waals surface area contributed by atoms with Crippen molar-refractivity contribution in [1.29, 1.82) is 0 Å². The fourth-order valence-electron chi connectivity index (χ4n) is 4.70. The lowest BCUT2D eigenvalue weighted by Crippen LogP contribution is -2.48. The van der Waals surface area contributed by atoms with Crippen molar-refractivity contribution in [3.05, 3.63) is 69.7 Å². The maximum atomic E-state index is 13.2. The summed E-state index contributed by atoms with van der Waals surface area (Å²) < 4.78 is 1.61. The van der Waals surface area contributed by atoms with Gasteiger partial charge in [-0.05, 0) is 44.7 Å². The molecular weight excluding hydrogens is 368 g/mol.